The fraction of sp³-hybridized carbons (Fsp3) is 0.263. The number of nitrogens with one attached hydrogen (secondary N) is 2. The molecule has 1 aromatic carbocycles. The number of benzene rings is 1. The van der Waals surface area contributed by atoms with Gasteiger partial charge in [-0.2, -0.15) is 18.3 Å². The highest BCUT2D eigenvalue weighted by atomic mass is 35.5. The van der Waals surface area contributed by atoms with Crippen LogP contribution in [0.25, 0.3) is 22.3 Å². The Balaban J connectivity index is 0.00000245. The molecule has 0 radical (unpaired) electrons. The summed E-state index contributed by atoms with van der Waals surface area (Å²) in [6.45, 7) is 2.60. The number of anilines is 2. The molecular formula is C19H17ClF4N8. The predicted molar refractivity (Wildman–Crippen MR) is 112 cm³/mol. The van der Waals surface area contributed by atoms with Crippen molar-refractivity contribution >= 4 is 35.2 Å². The standard InChI is InChI=1S/C19H16F4N8.ClH/c20-14-2-1-11(7-13(14)19(21,22)23)15-9-24-18(28-15)31-5-3-30(4-6-31)17-12-8-27-29-16(12)25-10-26-17;/h1-2,7-10H,3-6H2,(H,24,28)(H,25,26,27,29);1H. The Hall–Kier alpha value is -3.41. The molecule has 0 atom stereocenters. The highest BCUT2D eigenvalue weighted by molar-refractivity contribution is 5.86. The number of halogens is 5. The van der Waals surface area contributed by atoms with Crippen molar-refractivity contribution in [3.05, 3.63) is 48.3 Å². The molecule has 1 aliphatic rings. The zero-order valence-electron chi connectivity index (χ0n) is 16.4. The van der Waals surface area contributed by atoms with Crippen LogP contribution in [0.15, 0.2) is 36.9 Å². The van der Waals surface area contributed by atoms with Gasteiger partial charge in [0.05, 0.1) is 29.0 Å². The molecule has 0 amide bonds. The summed E-state index contributed by atoms with van der Waals surface area (Å²) in [5.74, 6) is 0.0387. The van der Waals surface area contributed by atoms with Crippen molar-refractivity contribution in [3.63, 3.8) is 0 Å². The Kier molecular flexibility index (Phi) is 5.63. The van der Waals surface area contributed by atoms with Crippen molar-refractivity contribution in [2.45, 2.75) is 6.18 Å². The van der Waals surface area contributed by atoms with Gasteiger partial charge in [-0.25, -0.2) is 19.3 Å². The number of rotatable bonds is 3. The van der Waals surface area contributed by atoms with E-state index < -0.39 is 17.6 Å². The van der Waals surface area contributed by atoms with Crippen LogP contribution < -0.4 is 9.80 Å². The summed E-state index contributed by atoms with van der Waals surface area (Å²) in [6.07, 6.45) is -0.137. The third kappa shape index (κ3) is 3.93. The Labute approximate surface area is 185 Å². The first-order valence-corrected chi connectivity index (χ1v) is 9.46. The van der Waals surface area contributed by atoms with Crippen LogP contribution in [0, 0.1) is 5.82 Å². The van der Waals surface area contributed by atoms with Crippen LogP contribution in [0.4, 0.5) is 29.3 Å². The Morgan fingerprint density at radius 1 is 0.938 bits per heavy atom. The maximum Gasteiger partial charge on any atom is 0.419 e. The molecule has 5 rings (SSSR count). The highest BCUT2D eigenvalue weighted by Gasteiger charge is 2.34. The van der Waals surface area contributed by atoms with Gasteiger partial charge in [0.15, 0.2) is 5.65 Å². The van der Waals surface area contributed by atoms with Gasteiger partial charge in [0, 0.05) is 31.7 Å². The van der Waals surface area contributed by atoms with E-state index in [9.17, 15) is 17.6 Å². The number of nitrogens with zero attached hydrogens (tertiary/aromatic N) is 6. The van der Waals surface area contributed by atoms with Gasteiger partial charge in [0.1, 0.15) is 18.0 Å². The molecule has 0 bridgehead atoms. The lowest BCUT2D eigenvalue weighted by Crippen LogP contribution is -2.47. The lowest BCUT2D eigenvalue weighted by atomic mass is 10.1. The van der Waals surface area contributed by atoms with Crippen LogP contribution in [0.2, 0.25) is 0 Å². The summed E-state index contributed by atoms with van der Waals surface area (Å²) in [4.78, 5) is 20.0. The minimum absolute atomic E-state index is 0. The summed E-state index contributed by atoms with van der Waals surface area (Å²) in [7, 11) is 0. The fourth-order valence-corrected chi connectivity index (χ4v) is 3.66. The van der Waals surface area contributed by atoms with E-state index in [1.54, 1.807) is 6.20 Å². The fourth-order valence-electron chi connectivity index (χ4n) is 3.66. The number of hydrogen-bond acceptors (Lipinski definition) is 6. The van der Waals surface area contributed by atoms with E-state index in [4.69, 9.17) is 0 Å². The molecule has 1 fully saturated rings. The van der Waals surface area contributed by atoms with Crippen molar-refractivity contribution in [1.82, 2.24) is 30.1 Å². The molecule has 0 saturated carbocycles. The average Bonchev–Trinajstić information content (AvgIpc) is 3.43. The van der Waals surface area contributed by atoms with Crippen LogP contribution in [0.5, 0.6) is 0 Å². The van der Waals surface area contributed by atoms with Crippen LogP contribution in [0.3, 0.4) is 0 Å². The number of alkyl halides is 3. The lowest BCUT2D eigenvalue weighted by Gasteiger charge is -2.35. The SMILES string of the molecule is Cl.Fc1ccc(-c2cnc(N3CCN(c4ncnc5[nH]ncc45)CC3)[nH]2)cc1C(F)(F)F. The highest BCUT2D eigenvalue weighted by Crippen LogP contribution is 2.34. The van der Waals surface area contributed by atoms with E-state index in [0.717, 1.165) is 23.3 Å². The second kappa shape index (κ2) is 8.26. The van der Waals surface area contributed by atoms with Crippen molar-refractivity contribution in [3.8, 4) is 11.3 Å². The van der Waals surface area contributed by atoms with Crippen molar-refractivity contribution < 1.29 is 17.6 Å². The molecule has 3 aromatic heterocycles. The first-order chi connectivity index (χ1) is 14.9. The maximum absolute atomic E-state index is 13.6. The lowest BCUT2D eigenvalue weighted by molar-refractivity contribution is -0.139. The summed E-state index contributed by atoms with van der Waals surface area (Å²) >= 11 is 0. The molecule has 2 N–H and O–H groups in total. The van der Waals surface area contributed by atoms with Crippen molar-refractivity contribution in [1.29, 1.82) is 0 Å². The number of fused-ring (bicyclic) bond motifs is 1. The molecule has 1 saturated heterocycles. The normalized spacial score (nSPS) is 14.6. The second-order valence-corrected chi connectivity index (χ2v) is 7.12. The summed E-state index contributed by atoms with van der Waals surface area (Å²) < 4.78 is 52.6. The Morgan fingerprint density at radius 3 is 2.44 bits per heavy atom. The summed E-state index contributed by atoms with van der Waals surface area (Å²) in [5, 5.41) is 7.67. The minimum Gasteiger partial charge on any atom is -0.352 e. The minimum atomic E-state index is -4.76. The van der Waals surface area contributed by atoms with Crippen LogP contribution >= 0.6 is 12.4 Å². The van der Waals surface area contributed by atoms with E-state index in [0.29, 0.717) is 43.5 Å². The monoisotopic (exact) mass is 468 g/mol. The van der Waals surface area contributed by atoms with Crippen LogP contribution in [-0.4, -0.2) is 56.3 Å². The largest absolute Gasteiger partial charge is 0.419 e. The second-order valence-electron chi connectivity index (χ2n) is 7.12. The molecule has 1 aliphatic heterocycles. The number of H-pyrrole nitrogens is 2. The third-order valence-electron chi connectivity index (χ3n) is 5.25. The van der Waals surface area contributed by atoms with Gasteiger partial charge in [0.2, 0.25) is 5.95 Å². The predicted octanol–water partition coefficient (Wildman–Crippen LogP) is 3.65. The van der Waals surface area contributed by atoms with E-state index in [1.165, 1.54) is 18.6 Å². The molecule has 32 heavy (non-hydrogen) atoms. The number of hydrogen-bond donors (Lipinski definition) is 2. The summed E-state index contributed by atoms with van der Waals surface area (Å²) in [5.41, 5.74) is -0.0286. The summed E-state index contributed by atoms with van der Waals surface area (Å²) in [6, 6.07) is 2.90. The number of imidazole rings is 1. The van der Waals surface area contributed by atoms with Gasteiger partial charge in [-0.05, 0) is 18.2 Å². The van der Waals surface area contributed by atoms with Gasteiger partial charge < -0.3 is 14.8 Å². The van der Waals surface area contributed by atoms with Crippen molar-refractivity contribution in [2.24, 2.45) is 0 Å². The molecule has 0 spiro atoms. The topological polar surface area (TPSA) is 89.6 Å². The average molecular weight is 469 g/mol. The van der Waals surface area contributed by atoms with E-state index in [-0.39, 0.29) is 18.0 Å². The van der Waals surface area contributed by atoms with Gasteiger partial charge >= 0.3 is 6.18 Å². The van der Waals surface area contributed by atoms with Gasteiger partial charge in [-0.15, -0.1) is 12.4 Å². The zero-order chi connectivity index (χ0) is 21.6. The van der Waals surface area contributed by atoms with E-state index >= 15 is 0 Å². The van der Waals surface area contributed by atoms with E-state index in [2.05, 4.69) is 35.0 Å². The zero-order valence-corrected chi connectivity index (χ0v) is 17.2. The number of aromatic nitrogens is 6. The van der Waals surface area contributed by atoms with Crippen molar-refractivity contribution in [2.75, 3.05) is 36.0 Å². The molecule has 0 unspecified atom stereocenters. The molecule has 8 nitrogen and oxygen atoms in total. The first kappa shape index (κ1) is 21.8. The molecule has 13 heteroatoms. The Morgan fingerprint density at radius 2 is 1.69 bits per heavy atom. The van der Waals surface area contributed by atoms with Gasteiger partial charge in [-0.3, -0.25) is 5.10 Å². The molecule has 0 aliphatic carbocycles. The number of piperazine rings is 1. The maximum atomic E-state index is 13.6. The Bertz CT molecular complexity index is 1230. The van der Waals surface area contributed by atoms with Gasteiger partial charge in [0.25, 0.3) is 0 Å². The third-order valence-corrected chi connectivity index (χ3v) is 5.25. The van der Waals surface area contributed by atoms with Gasteiger partial charge in [-0.1, -0.05) is 0 Å². The molecule has 168 valence electrons. The first-order valence-electron chi connectivity index (χ1n) is 9.46. The molecular weight excluding hydrogens is 452 g/mol. The van der Waals surface area contributed by atoms with E-state index in [1.807, 2.05) is 4.90 Å². The quantitative estimate of drug-likeness (QED) is 0.446. The van der Waals surface area contributed by atoms with Crippen LogP contribution in [-0.2, 0) is 6.18 Å². The number of aromatic amines is 2. The van der Waals surface area contributed by atoms with Crippen LogP contribution in [0.1, 0.15) is 5.56 Å². The smallest absolute Gasteiger partial charge is 0.352 e. The molecule has 4 heterocycles. The molecule has 4 aromatic rings.